The fraction of sp³-hybridized carbons (Fsp3) is 0.438. The van der Waals surface area contributed by atoms with Crippen LogP contribution in [0, 0.1) is 5.92 Å². The lowest BCUT2D eigenvalue weighted by molar-refractivity contribution is -0.131. The van der Waals surface area contributed by atoms with E-state index in [1.165, 1.54) is 12.1 Å². The summed E-state index contributed by atoms with van der Waals surface area (Å²) in [7, 11) is 0. The molecule has 1 aromatic carbocycles. The Kier molecular flexibility index (Phi) is 5.32. The quantitative estimate of drug-likeness (QED) is 0.761. The summed E-state index contributed by atoms with van der Waals surface area (Å²) in [5.74, 6) is -0.985. The smallest absolute Gasteiger partial charge is 0.262 e. The lowest BCUT2D eigenvalue weighted by Crippen LogP contribution is -2.43. The van der Waals surface area contributed by atoms with Crippen molar-refractivity contribution in [3.63, 3.8) is 0 Å². The second-order valence-electron chi connectivity index (χ2n) is 5.83. The van der Waals surface area contributed by atoms with E-state index in [-0.39, 0.29) is 33.6 Å². The second kappa shape index (κ2) is 6.89. The number of carbonyl (C=O) groups is 3. The molecule has 0 spiro atoms. The summed E-state index contributed by atoms with van der Waals surface area (Å²) in [6.45, 7) is 6.70. The Bertz CT molecular complexity index is 633. The Hall–Kier alpha value is -1.59. The van der Waals surface area contributed by atoms with Gasteiger partial charge in [-0.15, -0.1) is 0 Å². The van der Waals surface area contributed by atoms with Crippen LogP contribution < -0.4 is 0 Å². The number of rotatable bonds is 5. The number of fused-ring (bicyclic) bond motifs is 1. The van der Waals surface area contributed by atoms with Crippen molar-refractivity contribution >= 4 is 40.9 Å². The van der Waals surface area contributed by atoms with Crippen molar-refractivity contribution in [1.29, 1.82) is 0 Å². The number of imide groups is 1. The zero-order chi connectivity index (χ0) is 17.3. The molecule has 0 aliphatic carbocycles. The van der Waals surface area contributed by atoms with E-state index < -0.39 is 11.8 Å². The number of halogens is 2. The van der Waals surface area contributed by atoms with Gasteiger partial charge in [0.1, 0.15) is 6.54 Å². The largest absolute Gasteiger partial charge is 0.341 e. The first-order valence-corrected chi connectivity index (χ1v) is 8.14. The van der Waals surface area contributed by atoms with E-state index in [2.05, 4.69) is 0 Å². The van der Waals surface area contributed by atoms with E-state index in [1.807, 2.05) is 20.8 Å². The van der Waals surface area contributed by atoms with Gasteiger partial charge in [0.2, 0.25) is 5.91 Å². The Morgan fingerprint density at radius 1 is 1.13 bits per heavy atom. The molecular formula is C16H18Cl2N2O3. The van der Waals surface area contributed by atoms with Crippen molar-refractivity contribution < 1.29 is 14.4 Å². The van der Waals surface area contributed by atoms with Gasteiger partial charge in [0.15, 0.2) is 0 Å². The highest BCUT2D eigenvalue weighted by molar-refractivity contribution is 6.43. The first kappa shape index (κ1) is 17.8. The Morgan fingerprint density at radius 2 is 1.61 bits per heavy atom. The highest BCUT2D eigenvalue weighted by Crippen LogP contribution is 2.31. The number of benzene rings is 1. The first-order chi connectivity index (χ1) is 10.8. The second-order valence-corrected chi connectivity index (χ2v) is 6.65. The highest BCUT2D eigenvalue weighted by Gasteiger charge is 2.38. The fourth-order valence-corrected chi connectivity index (χ4v) is 2.84. The van der Waals surface area contributed by atoms with Gasteiger partial charge >= 0.3 is 0 Å². The van der Waals surface area contributed by atoms with Crippen LogP contribution in [0.5, 0.6) is 0 Å². The Labute approximate surface area is 145 Å². The van der Waals surface area contributed by atoms with Crippen LogP contribution >= 0.6 is 23.2 Å². The van der Waals surface area contributed by atoms with Crippen LogP contribution in [0.2, 0.25) is 10.0 Å². The van der Waals surface area contributed by atoms with Crippen LogP contribution in [0.1, 0.15) is 41.5 Å². The minimum atomic E-state index is -0.516. The van der Waals surface area contributed by atoms with Gasteiger partial charge in [-0.25, -0.2) is 0 Å². The average Bonchev–Trinajstić information content (AvgIpc) is 2.70. The van der Waals surface area contributed by atoms with Gasteiger partial charge in [0.25, 0.3) is 11.8 Å². The third-order valence-corrected chi connectivity index (χ3v) is 4.35. The van der Waals surface area contributed by atoms with Crippen molar-refractivity contribution in [2.24, 2.45) is 5.92 Å². The average molecular weight is 357 g/mol. The van der Waals surface area contributed by atoms with Crippen molar-refractivity contribution in [3.8, 4) is 0 Å². The van der Waals surface area contributed by atoms with Crippen LogP contribution in [0.4, 0.5) is 0 Å². The SMILES string of the molecule is CCN(CC(C)C)C(=O)CN1C(=O)c2cc(Cl)c(Cl)cc2C1=O. The van der Waals surface area contributed by atoms with Gasteiger partial charge in [-0.3, -0.25) is 19.3 Å². The molecular weight excluding hydrogens is 339 g/mol. The lowest BCUT2D eigenvalue weighted by atomic mass is 10.1. The normalized spacial score (nSPS) is 13.7. The maximum atomic E-state index is 12.4. The van der Waals surface area contributed by atoms with Crippen LogP contribution in [-0.2, 0) is 4.79 Å². The molecule has 0 saturated heterocycles. The Morgan fingerprint density at radius 3 is 2.00 bits per heavy atom. The molecule has 0 aromatic heterocycles. The summed E-state index contributed by atoms with van der Waals surface area (Å²) in [6.07, 6.45) is 0. The molecule has 1 aromatic rings. The van der Waals surface area contributed by atoms with E-state index >= 15 is 0 Å². The molecule has 124 valence electrons. The number of hydrogen-bond donors (Lipinski definition) is 0. The molecule has 0 radical (unpaired) electrons. The third kappa shape index (κ3) is 3.51. The van der Waals surface area contributed by atoms with Gasteiger partial charge in [0, 0.05) is 13.1 Å². The molecule has 0 bridgehead atoms. The maximum Gasteiger partial charge on any atom is 0.262 e. The van der Waals surface area contributed by atoms with Crippen molar-refractivity contribution in [2.45, 2.75) is 20.8 Å². The summed E-state index contributed by atoms with van der Waals surface area (Å²) in [6, 6.07) is 2.74. The Balaban J connectivity index is 2.21. The molecule has 1 aliphatic heterocycles. The molecule has 0 atom stereocenters. The molecule has 1 aliphatic rings. The molecule has 3 amide bonds. The first-order valence-electron chi connectivity index (χ1n) is 7.39. The monoisotopic (exact) mass is 356 g/mol. The van der Waals surface area contributed by atoms with Gasteiger partial charge in [-0.1, -0.05) is 37.0 Å². The molecule has 0 unspecified atom stereocenters. The molecule has 0 N–H and O–H groups in total. The summed E-state index contributed by atoms with van der Waals surface area (Å²) in [5.41, 5.74) is 0.369. The standard InChI is InChI=1S/C16H18Cl2N2O3/c1-4-19(7-9(2)3)14(21)8-20-15(22)10-5-12(17)13(18)6-11(10)16(20)23/h5-6,9H,4,7-8H2,1-3H3. The summed E-state index contributed by atoms with van der Waals surface area (Å²) >= 11 is 11.8. The van der Waals surface area contributed by atoms with E-state index in [0.717, 1.165) is 4.90 Å². The van der Waals surface area contributed by atoms with Crippen LogP contribution in [0.25, 0.3) is 0 Å². The molecule has 7 heteroatoms. The van der Waals surface area contributed by atoms with Crippen molar-refractivity contribution in [2.75, 3.05) is 19.6 Å². The fourth-order valence-electron chi connectivity index (χ4n) is 2.51. The van der Waals surface area contributed by atoms with Crippen LogP contribution in [0.3, 0.4) is 0 Å². The molecule has 0 saturated carbocycles. The minimum Gasteiger partial charge on any atom is -0.341 e. The molecule has 0 fully saturated rings. The topological polar surface area (TPSA) is 57.7 Å². The van der Waals surface area contributed by atoms with Gasteiger partial charge in [0.05, 0.1) is 21.2 Å². The number of carbonyl (C=O) groups excluding carboxylic acids is 3. The number of amides is 3. The minimum absolute atomic E-state index is 0.184. The summed E-state index contributed by atoms with van der Waals surface area (Å²) in [4.78, 5) is 39.7. The number of likely N-dealkylation sites (N-methyl/N-ethyl adjacent to an activating group) is 1. The zero-order valence-electron chi connectivity index (χ0n) is 13.2. The molecule has 23 heavy (non-hydrogen) atoms. The van der Waals surface area contributed by atoms with Gasteiger partial charge in [-0.2, -0.15) is 0 Å². The van der Waals surface area contributed by atoms with E-state index in [9.17, 15) is 14.4 Å². The van der Waals surface area contributed by atoms with Crippen molar-refractivity contribution in [1.82, 2.24) is 9.80 Å². The van der Waals surface area contributed by atoms with Gasteiger partial charge in [-0.05, 0) is 25.0 Å². The summed E-state index contributed by atoms with van der Waals surface area (Å²) < 4.78 is 0. The molecule has 1 heterocycles. The van der Waals surface area contributed by atoms with E-state index in [1.54, 1.807) is 4.90 Å². The van der Waals surface area contributed by atoms with E-state index in [4.69, 9.17) is 23.2 Å². The van der Waals surface area contributed by atoms with Gasteiger partial charge < -0.3 is 4.90 Å². The highest BCUT2D eigenvalue weighted by atomic mass is 35.5. The maximum absolute atomic E-state index is 12.4. The number of hydrogen-bond acceptors (Lipinski definition) is 3. The predicted molar refractivity (Wildman–Crippen MR) is 88.9 cm³/mol. The zero-order valence-corrected chi connectivity index (χ0v) is 14.7. The van der Waals surface area contributed by atoms with Crippen molar-refractivity contribution in [3.05, 3.63) is 33.3 Å². The van der Waals surface area contributed by atoms with Crippen LogP contribution in [-0.4, -0.2) is 47.2 Å². The lowest BCUT2D eigenvalue weighted by Gasteiger charge is -2.25. The summed E-state index contributed by atoms with van der Waals surface area (Å²) in [5, 5.41) is 0.407. The molecule has 2 rings (SSSR count). The van der Waals surface area contributed by atoms with E-state index in [0.29, 0.717) is 19.0 Å². The third-order valence-electron chi connectivity index (χ3n) is 3.62. The predicted octanol–water partition coefficient (Wildman–Crippen LogP) is 3.09. The molecule has 5 nitrogen and oxygen atoms in total. The van der Waals surface area contributed by atoms with Crippen LogP contribution in [0.15, 0.2) is 12.1 Å². The number of nitrogens with zero attached hydrogens (tertiary/aromatic N) is 2.